The van der Waals surface area contributed by atoms with E-state index in [0.29, 0.717) is 87.5 Å². The Kier molecular flexibility index (Phi) is 8.21. The maximum atomic E-state index is 13.1. The summed E-state index contributed by atoms with van der Waals surface area (Å²) in [5.41, 5.74) is 8.74. The second kappa shape index (κ2) is 11.8. The number of nitrogens with zero attached hydrogens (tertiary/aromatic N) is 3. The number of rotatable bonds is 7. The zero-order valence-electron chi connectivity index (χ0n) is 26.7. The molecule has 0 aromatic carbocycles. The Labute approximate surface area is 257 Å². The van der Waals surface area contributed by atoms with E-state index in [1.807, 2.05) is 39.8 Å². The number of aliphatic hydroxyl groups excluding tert-OH is 1. The molecule has 5 heterocycles. The lowest BCUT2D eigenvalue weighted by atomic mass is 9.94. The predicted octanol–water partition coefficient (Wildman–Crippen LogP) is 5.57. The molecular weight excluding hydrogens is 552 g/mol. The molecule has 226 valence electrons. The molecule has 8 nitrogen and oxygen atoms in total. The van der Waals surface area contributed by atoms with E-state index in [2.05, 4.69) is 4.98 Å². The number of carbonyl (C=O) groups is 3. The maximum absolute atomic E-state index is 13.1. The van der Waals surface area contributed by atoms with Crippen LogP contribution in [0.1, 0.15) is 90.6 Å². The number of Topliss-reactive ketones (excluding diaryl/α,β-unsaturated/α-hetero) is 3. The number of aromatic amines is 1. The zero-order valence-corrected chi connectivity index (χ0v) is 26.7. The van der Waals surface area contributed by atoms with Crippen LogP contribution < -0.4 is 10.7 Å². The number of hydrogen-bond acceptors (Lipinski definition) is 7. The molecule has 4 aliphatic heterocycles. The van der Waals surface area contributed by atoms with Gasteiger partial charge in [0.2, 0.25) is 0 Å². The molecule has 0 spiro atoms. The highest BCUT2D eigenvalue weighted by Gasteiger charge is 2.31. The summed E-state index contributed by atoms with van der Waals surface area (Å²) in [5, 5.41) is 12.1. The number of H-pyrrole nitrogens is 1. The van der Waals surface area contributed by atoms with Crippen LogP contribution in [0, 0.1) is 0 Å². The van der Waals surface area contributed by atoms with Crippen LogP contribution in [0.4, 0.5) is 0 Å². The van der Waals surface area contributed by atoms with Crippen LogP contribution in [0.15, 0.2) is 83.4 Å². The lowest BCUT2D eigenvalue weighted by Gasteiger charge is -2.07. The van der Waals surface area contributed by atoms with Crippen LogP contribution >= 0.6 is 0 Å². The van der Waals surface area contributed by atoms with Crippen LogP contribution in [0.3, 0.4) is 0 Å². The fraction of sp³-hybridized carbons (Fsp3) is 0.333. The Balaban J connectivity index is 1.99. The van der Waals surface area contributed by atoms with Gasteiger partial charge in [-0.25, -0.2) is 15.0 Å². The molecule has 0 saturated carbocycles. The summed E-state index contributed by atoms with van der Waals surface area (Å²) in [7, 11) is 0. The van der Waals surface area contributed by atoms with Crippen LogP contribution in [0.2, 0.25) is 0 Å². The summed E-state index contributed by atoms with van der Waals surface area (Å²) >= 11 is 0. The topological polar surface area (TPSA) is 124 Å². The van der Waals surface area contributed by atoms with Crippen molar-refractivity contribution in [1.29, 1.82) is 0 Å². The van der Waals surface area contributed by atoms with Crippen molar-refractivity contribution in [3.63, 3.8) is 0 Å². The van der Waals surface area contributed by atoms with Gasteiger partial charge in [0.15, 0.2) is 17.3 Å². The quantitative estimate of drug-likeness (QED) is 0.318. The molecule has 0 fully saturated rings. The van der Waals surface area contributed by atoms with E-state index >= 15 is 0 Å². The maximum Gasteiger partial charge on any atom is 0.162 e. The molecule has 44 heavy (non-hydrogen) atoms. The molecule has 8 heteroatoms. The molecule has 5 rings (SSSR count). The third-order valence-corrected chi connectivity index (χ3v) is 8.43. The van der Waals surface area contributed by atoms with Crippen LogP contribution in [-0.4, -0.2) is 44.6 Å². The average molecular weight is 591 g/mol. The Hall–Kier alpha value is -4.72. The third kappa shape index (κ3) is 4.98. The van der Waals surface area contributed by atoms with Crippen LogP contribution in [0.25, 0.3) is 12.2 Å². The summed E-state index contributed by atoms with van der Waals surface area (Å²) < 4.78 is 0. The van der Waals surface area contributed by atoms with Crippen molar-refractivity contribution in [2.45, 2.75) is 81.1 Å². The van der Waals surface area contributed by atoms with Gasteiger partial charge in [-0.15, -0.1) is 0 Å². The van der Waals surface area contributed by atoms with E-state index in [-0.39, 0.29) is 23.1 Å². The number of fused-ring (bicyclic) bond motifs is 5. The van der Waals surface area contributed by atoms with Crippen molar-refractivity contribution in [3.8, 4) is 0 Å². The van der Waals surface area contributed by atoms with E-state index < -0.39 is 0 Å². The molecule has 0 saturated heterocycles. The van der Waals surface area contributed by atoms with Gasteiger partial charge < -0.3 is 10.1 Å². The van der Waals surface area contributed by atoms with Crippen LogP contribution in [-0.2, 0) is 16.0 Å². The molecule has 1 aromatic heterocycles. The normalized spacial score (nSPS) is 18.9. The Morgan fingerprint density at radius 2 is 1.25 bits per heavy atom. The highest BCUT2D eigenvalue weighted by molar-refractivity contribution is 6.36. The standard InChI is InChI=1S/C36H38N4O4/c1-9-21-25-13-26-22(10-2)34(18(6)42)31(38-26)16-32-36(20(8)44)24(12-4)28(40-32)14-27-23(11-3)35(19(7)43)30(39-27)15-29(37-25)33(21)17(5)41/h13-16,37,42H,9-12H2,1-8H3/b25-13?,27-14?,29-15?,32-16?,34-18+. The molecule has 1 aromatic rings. The minimum Gasteiger partial charge on any atom is -0.512 e. The summed E-state index contributed by atoms with van der Waals surface area (Å²) in [5.74, 6) is -0.218. The Morgan fingerprint density at radius 3 is 1.80 bits per heavy atom. The van der Waals surface area contributed by atoms with Gasteiger partial charge in [0.1, 0.15) is 0 Å². The fourth-order valence-corrected chi connectivity index (χ4v) is 6.66. The van der Waals surface area contributed by atoms with Crippen molar-refractivity contribution in [3.05, 3.63) is 90.3 Å². The van der Waals surface area contributed by atoms with Gasteiger partial charge in [0, 0.05) is 27.6 Å². The minimum absolute atomic E-state index is 0.0988. The van der Waals surface area contributed by atoms with Gasteiger partial charge in [-0.05, 0) is 100.0 Å². The van der Waals surface area contributed by atoms with Crippen molar-refractivity contribution in [2.24, 2.45) is 15.0 Å². The number of nitrogens with one attached hydrogen (secondary N) is 1. The number of hydrogen-bond donors (Lipinski definition) is 2. The predicted molar refractivity (Wildman–Crippen MR) is 175 cm³/mol. The number of carbonyl (C=O) groups excluding carboxylic acids is 3. The van der Waals surface area contributed by atoms with Gasteiger partial charge in [-0.3, -0.25) is 14.4 Å². The monoisotopic (exact) mass is 590 g/mol. The molecule has 0 unspecified atom stereocenters. The molecule has 0 atom stereocenters. The van der Waals surface area contributed by atoms with Gasteiger partial charge in [0.25, 0.3) is 0 Å². The van der Waals surface area contributed by atoms with Crippen molar-refractivity contribution in [1.82, 2.24) is 4.98 Å². The lowest BCUT2D eigenvalue weighted by Crippen LogP contribution is -2.18. The number of aliphatic hydroxyl groups is 1. The van der Waals surface area contributed by atoms with Gasteiger partial charge in [0.05, 0.1) is 45.3 Å². The van der Waals surface area contributed by atoms with E-state index in [1.165, 1.54) is 20.8 Å². The third-order valence-electron chi connectivity index (χ3n) is 8.43. The number of aromatic nitrogens is 1. The van der Waals surface area contributed by atoms with Crippen molar-refractivity contribution in [2.75, 3.05) is 0 Å². The molecular formula is C36H38N4O4. The number of allylic oxidation sites excluding steroid dienone is 10. The highest BCUT2D eigenvalue weighted by atomic mass is 16.3. The Morgan fingerprint density at radius 1 is 0.636 bits per heavy atom. The van der Waals surface area contributed by atoms with Crippen molar-refractivity contribution >= 4 is 46.6 Å². The summed E-state index contributed by atoms with van der Waals surface area (Å²) in [6.45, 7) is 14.2. The Bertz CT molecular complexity index is 1970. The SMILES string of the molecule is CCC1=C(C(C)=O)C2=CC3=NC(=C(CC)/C3=C(/C)O)C=c3[nH]c(c(C(C)=O)c3CC)=CC3=NC(=CC1=N2)C(CC)=C3C(C)=O. The van der Waals surface area contributed by atoms with Crippen LogP contribution in [0.5, 0.6) is 0 Å². The first-order valence-electron chi connectivity index (χ1n) is 15.2. The molecule has 8 bridgehead atoms. The van der Waals surface area contributed by atoms with E-state index in [0.717, 1.165) is 27.6 Å². The average Bonchev–Trinajstić information content (AvgIpc) is 3.68. The smallest absolute Gasteiger partial charge is 0.162 e. The summed E-state index contributed by atoms with van der Waals surface area (Å²) in [6, 6.07) is 0. The number of ketones is 3. The molecule has 0 radical (unpaired) electrons. The second-order valence-electron chi connectivity index (χ2n) is 11.3. The second-order valence-corrected chi connectivity index (χ2v) is 11.3. The molecule has 4 aliphatic rings. The highest BCUT2D eigenvalue weighted by Crippen LogP contribution is 2.37. The first-order chi connectivity index (χ1) is 20.9. The number of aliphatic imine (C=N–C) groups is 3. The van der Waals surface area contributed by atoms with E-state index in [1.54, 1.807) is 19.1 Å². The molecule has 0 amide bonds. The van der Waals surface area contributed by atoms with Gasteiger partial charge in [-0.1, -0.05) is 27.7 Å². The summed E-state index contributed by atoms with van der Waals surface area (Å²) in [6.07, 6.45) is 9.60. The fourth-order valence-electron chi connectivity index (χ4n) is 6.66. The minimum atomic E-state index is -0.120. The first-order valence-corrected chi connectivity index (χ1v) is 15.2. The zero-order chi connectivity index (χ0) is 32.0. The first kappa shape index (κ1) is 30.7. The van der Waals surface area contributed by atoms with E-state index in [9.17, 15) is 19.5 Å². The van der Waals surface area contributed by atoms with E-state index in [4.69, 9.17) is 15.0 Å². The van der Waals surface area contributed by atoms with Gasteiger partial charge >= 0.3 is 0 Å². The molecule has 2 N–H and O–H groups in total. The molecule has 0 aliphatic carbocycles. The summed E-state index contributed by atoms with van der Waals surface area (Å²) in [4.78, 5) is 57.4. The van der Waals surface area contributed by atoms with Crippen molar-refractivity contribution < 1.29 is 19.5 Å². The van der Waals surface area contributed by atoms with Gasteiger partial charge in [-0.2, -0.15) is 0 Å². The lowest BCUT2D eigenvalue weighted by molar-refractivity contribution is -0.114. The largest absolute Gasteiger partial charge is 0.512 e.